The van der Waals surface area contributed by atoms with Crippen molar-refractivity contribution in [3.8, 4) is 0 Å². The van der Waals surface area contributed by atoms with Crippen molar-refractivity contribution in [2.45, 2.75) is 6.92 Å². The van der Waals surface area contributed by atoms with Crippen molar-refractivity contribution in [2.24, 2.45) is 10.9 Å². The molecule has 0 saturated heterocycles. The van der Waals surface area contributed by atoms with Crippen molar-refractivity contribution in [3.63, 3.8) is 0 Å². The van der Waals surface area contributed by atoms with Gasteiger partial charge in [-0.15, -0.1) is 0 Å². The van der Waals surface area contributed by atoms with Gasteiger partial charge in [0.1, 0.15) is 0 Å². The molecule has 15 heavy (non-hydrogen) atoms. The van der Waals surface area contributed by atoms with Gasteiger partial charge < -0.3 is 15.8 Å². The van der Waals surface area contributed by atoms with Crippen LogP contribution in [0.15, 0.2) is 17.5 Å². The van der Waals surface area contributed by atoms with Crippen LogP contribution in [0.3, 0.4) is 0 Å². The Morgan fingerprint density at radius 3 is 3.00 bits per heavy atom. The van der Waals surface area contributed by atoms with Crippen LogP contribution in [0.5, 0.6) is 0 Å². The minimum absolute atomic E-state index is 0.00584. The molecule has 7 heteroatoms. The number of carbonyl (C=O) groups excluding carboxylic acids is 1. The topological polar surface area (TPSA) is 108 Å². The lowest BCUT2D eigenvalue weighted by molar-refractivity contribution is 0.0786. The zero-order valence-corrected chi connectivity index (χ0v) is 8.34. The molecular weight excluding hydrogens is 198 g/mol. The molecule has 1 heterocycles. The van der Waals surface area contributed by atoms with E-state index in [-0.39, 0.29) is 18.3 Å². The number of likely N-dealkylation sites (N-methyl/N-ethyl adjacent to an activating group) is 1. The average Bonchev–Trinajstić information content (AvgIpc) is 2.77. The molecule has 7 nitrogen and oxygen atoms in total. The van der Waals surface area contributed by atoms with Crippen molar-refractivity contribution < 1.29 is 10.0 Å². The van der Waals surface area contributed by atoms with E-state index in [1.165, 1.54) is 17.3 Å². The molecule has 0 atom stereocenters. The third-order valence-corrected chi connectivity index (χ3v) is 1.90. The second-order valence-corrected chi connectivity index (χ2v) is 2.90. The van der Waals surface area contributed by atoms with Crippen molar-refractivity contribution in [2.75, 3.05) is 13.1 Å². The first-order valence-electron chi connectivity index (χ1n) is 4.43. The molecule has 0 aliphatic carbocycles. The highest BCUT2D eigenvalue weighted by atomic mass is 16.4. The van der Waals surface area contributed by atoms with Gasteiger partial charge in [0, 0.05) is 12.7 Å². The minimum atomic E-state index is -0.210. The summed E-state index contributed by atoms with van der Waals surface area (Å²) in [6, 6.07) is 0. The van der Waals surface area contributed by atoms with E-state index >= 15 is 0 Å². The van der Waals surface area contributed by atoms with Crippen LogP contribution in [0.1, 0.15) is 17.3 Å². The molecule has 1 aromatic rings. The average molecular weight is 211 g/mol. The number of amidine groups is 1. The van der Waals surface area contributed by atoms with Gasteiger partial charge in [-0.25, -0.2) is 0 Å². The summed E-state index contributed by atoms with van der Waals surface area (Å²) in [5, 5.41) is 17.4. The number of amides is 1. The Kier molecular flexibility index (Phi) is 3.67. The number of H-pyrrole nitrogens is 1. The molecule has 1 rings (SSSR count). The van der Waals surface area contributed by atoms with Crippen LogP contribution >= 0.6 is 0 Å². The van der Waals surface area contributed by atoms with Gasteiger partial charge in [0.2, 0.25) is 0 Å². The van der Waals surface area contributed by atoms with Gasteiger partial charge in [0.15, 0.2) is 5.84 Å². The predicted octanol–water partition coefficient (Wildman–Crippen LogP) is -0.382. The van der Waals surface area contributed by atoms with E-state index < -0.39 is 0 Å². The summed E-state index contributed by atoms with van der Waals surface area (Å²) >= 11 is 0. The van der Waals surface area contributed by atoms with E-state index in [1.54, 1.807) is 0 Å². The molecule has 1 amide bonds. The first-order chi connectivity index (χ1) is 7.19. The maximum absolute atomic E-state index is 11.8. The van der Waals surface area contributed by atoms with Gasteiger partial charge in [0.05, 0.1) is 18.3 Å². The summed E-state index contributed by atoms with van der Waals surface area (Å²) in [5.74, 6) is -0.216. The lowest BCUT2D eigenvalue weighted by Gasteiger charge is -2.18. The van der Waals surface area contributed by atoms with Gasteiger partial charge in [-0.2, -0.15) is 5.10 Å². The van der Waals surface area contributed by atoms with Crippen LogP contribution in [0.25, 0.3) is 0 Å². The van der Waals surface area contributed by atoms with E-state index in [0.717, 1.165) is 0 Å². The molecule has 0 aromatic carbocycles. The van der Waals surface area contributed by atoms with Crippen molar-refractivity contribution in [3.05, 3.63) is 18.0 Å². The first-order valence-corrected chi connectivity index (χ1v) is 4.43. The fourth-order valence-electron chi connectivity index (χ4n) is 1.10. The van der Waals surface area contributed by atoms with Gasteiger partial charge in [-0.1, -0.05) is 5.16 Å². The van der Waals surface area contributed by atoms with Crippen LogP contribution < -0.4 is 5.73 Å². The van der Waals surface area contributed by atoms with Crippen molar-refractivity contribution >= 4 is 11.7 Å². The molecule has 1 aromatic heterocycles. The number of aromatic amines is 1. The fourth-order valence-corrected chi connectivity index (χ4v) is 1.10. The fraction of sp³-hybridized carbons (Fsp3) is 0.375. The number of aromatic nitrogens is 2. The molecule has 0 aliphatic rings. The zero-order chi connectivity index (χ0) is 11.3. The van der Waals surface area contributed by atoms with Crippen LogP contribution in [-0.4, -0.2) is 45.1 Å². The van der Waals surface area contributed by atoms with Crippen LogP contribution in [0, 0.1) is 0 Å². The van der Waals surface area contributed by atoms with E-state index in [1.807, 2.05) is 6.92 Å². The highest BCUT2D eigenvalue weighted by molar-refractivity contribution is 5.96. The van der Waals surface area contributed by atoms with E-state index in [0.29, 0.717) is 12.1 Å². The molecule has 0 aliphatic heterocycles. The summed E-state index contributed by atoms with van der Waals surface area (Å²) in [4.78, 5) is 13.2. The Hall–Kier alpha value is -2.05. The number of carbonyl (C=O) groups is 1. The number of nitrogens with one attached hydrogen (secondary N) is 1. The Morgan fingerprint density at radius 2 is 2.53 bits per heavy atom. The van der Waals surface area contributed by atoms with Crippen LogP contribution in [-0.2, 0) is 0 Å². The normalized spacial score (nSPS) is 11.4. The Bertz CT molecular complexity index is 346. The Balaban J connectivity index is 2.71. The minimum Gasteiger partial charge on any atom is -0.409 e. The molecular formula is C8H13N5O2. The standard InChI is InChI=1S/C8H13N5O2/c1-2-13(5-7(9)12-15)8(14)6-3-10-11-4-6/h3-4,15H,2,5H2,1H3,(H2,9,12)(H,10,11). The number of nitrogens with two attached hydrogens (primary N) is 1. The lowest BCUT2D eigenvalue weighted by Crippen LogP contribution is -2.38. The molecule has 82 valence electrons. The monoisotopic (exact) mass is 211 g/mol. The summed E-state index contributed by atoms with van der Waals surface area (Å²) < 4.78 is 0. The number of rotatable bonds is 4. The molecule has 0 radical (unpaired) electrons. The first kappa shape index (κ1) is 11.0. The SMILES string of the molecule is CCN(CC(N)=NO)C(=O)c1cn[nH]c1. The Morgan fingerprint density at radius 1 is 1.80 bits per heavy atom. The van der Waals surface area contributed by atoms with Gasteiger partial charge in [-0.05, 0) is 6.92 Å². The van der Waals surface area contributed by atoms with Crippen LogP contribution in [0.2, 0.25) is 0 Å². The third-order valence-electron chi connectivity index (χ3n) is 1.90. The summed E-state index contributed by atoms with van der Waals surface area (Å²) in [6.07, 6.45) is 2.93. The van der Waals surface area contributed by atoms with Crippen molar-refractivity contribution in [1.29, 1.82) is 0 Å². The number of oxime groups is 1. The number of hydrogen-bond donors (Lipinski definition) is 3. The summed E-state index contributed by atoms with van der Waals surface area (Å²) in [5.41, 5.74) is 5.77. The molecule has 0 fully saturated rings. The van der Waals surface area contributed by atoms with Gasteiger partial charge in [-0.3, -0.25) is 9.89 Å². The maximum atomic E-state index is 11.8. The third kappa shape index (κ3) is 2.70. The highest BCUT2D eigenvalue weighted by Gasteiger charge is 2.15. The molecule has 0 saturated carbocycles. The molecule has 0 unspecified atom stereocenters. The molecule has 0 bridgehead atoms. The second-order valence-electron chi connectivity index (χ2n) is 2.90. The molecule has 4 N–H and O–H groups in total. The second kappa shape index (κ2) is 4.99. The highest BCUT2D eigenvalue weighted by Crippen LogP contribution is 2.01. The number of hydrogen-bond acceptors (Lipinski definition) is 4. The van der Waals surface area contributed by atoms with Gasteiger partial charge in [0.25, 0.3) is 5.91 Å². The van der Waals surface area contributed by atoms with Crippen LogP contribution in [0.4, 0.5) is 0 Å². The zero-order valence-electron chi connectivity index (χ0n) is 8.34. The van der Waals surface area contributed by atoms with Crippen molar-refractivity contribution in [1.82, 2.24) is 15.1 Å². The van der Waals surface area contributed by atoms with E-state index in [9.17, 15) is 4.79 Å². The van der Waals surface area contributed by atoms with E-state index in [4.69, 9.17) is 10.9 Å². The summed E-state index contributed by atoms with van der Waals surface area (Å²) in [7, 11) is 0. The smallest absolute Gasteiger partial charge is 0.257 e. The summed E-state index contributed by atoms with van der Waals surface area (Å²) in [6.45, 7) is 2.37. The number of nitrogens with zero attached hydrogens (tertiary/aromatic N) is 3. The van der Waals surface area contributed by atoms with Gasteiger partial charge >= 0.3 is 0 Å². The molecule has 0 spiro atoms. The lowest BCUT2D eigenvalue weighted by atomic mass is 10.3. The Labute approximate surface area is 86.6 Å². The quantitative estimate of drug-likeness (QED) is 0.273. The predicted molar refractivity (Wildman–Crippen MR) is 53.6 cm³/mol. The maximum Gasteiger partial charge on any atom is 0.257 e. The van der Waals surface area contributed by atoms with E-state index in [2.05, 4.69) is 15.4 Å². The largest absolute Gasteiger partial charge is 0.409 e.